The van der Waals surface area contributed by atoms with E-state index in [0.29, 0.717) is 26.7 Å². The van der Waals surface area contributed by atoms with Crippen LogP contribution in [0.2, 0.25) is 10.0 Å². The standard InChI is InChI=1S/C29H27Cl2F3N2O/c1-28(2,3)24-8-7-19(14-25(24)31)17-36(12-10-18-5-4-6-21(13-18)29(32,33)34)27(37)23-16-22(30)15-20-9-11-35-26(20)23/h4-9,11,13-16,35H,10,12,17H2,1-3H3. The van der Waals surface area contributed by atoms with Gasteiger partial charge < -0.3 is 9.88 Å². The number of rotatable bonds is 6. The number of amides is 1. The minimum atomic E-state index is -4.43. The molecule has 0 aliphatic heterocycles. The molecule has 3 nitrogen and oxygen atoms in total. The van der Waals surface area contributed by atoms with Crippen molar-refractivity contribution in [2.24, 2.45) is 0 Å². The van der Waals surface area contributed by atoms with Crippen LogP contribution in [0, 0.1) is 0 Å². The summed E-state index contributed by atoms with van der Waals surface area (Å²) in [6.07, 6.45) is -2.45. The van der Waals surface area contributed by atoms with E-state index in [-0.39, 0.29) is 30.8 Å². The van der Waals surface area contributed by atoms with Crippen LogP contribution in [-0.4, -0.2) is 22.3 Å². The van der Waals surface area contributed by atoms with E-state index in [0.717, 1.165) is 28.6 Å². The van der Waals surface area contributed by atoms with Crippen molar-refractivity contribution in [3.63, 3.8) is 0 Å². The van der Waals surface area contributed by atoms with E-state index in [2.05, 4.69) is 25.8 Å². The largest absolute Gasteiger partial charge is 0.416 e. The van der Waals surface area contributed by atoms with Gasteiger partial charge in [0, 0.05) is 34.7 Å². The van der Waals surface area contributed by atoms with Gasteiger partial charge in [0.05, 0.1) is 16.6 Å². The number of nitrogens with zero attached hydrogens (tertiary/aromatic N) is 1. The second-order valence-electron chi connectivity index (χ2n) is 10.1. The van der Waals surface area contributed by atoms with Crippen LogP contribution in [0.5, 0.6) is 0 Å². The Hall–Kier alpha value is -2.96. The number of carbonyl (C=O) groups excluding carboxylic acids is 1. The molecule has 3 aromatic carbocycles. The van der Waals surface area contributed by atoms with Gasteiger partial charge in [0.2, 0.25) is 0 Å². The number of fused-ring (bicyclic) bond motifs is 1. The van der Waals surface area contributed by atoms with Crippen molar-refractivity contribution >= 4 is 40.0 Å². The highest BCUT2D eigenvalue weighted by Gasteiger charge is 2.30. The molecule has 4 aromatic rings. The zero-order valence-electron chi connectivity index (χ0n) is 20.7. The summed E-state index contributed by atoms with van der Waals surface area (Å²) in [4.78, 5) is 18.5. The molecule has 0 bridgehead atoms. The molecular formula is C29H27Cl2F3N2O. The predicted molar refractivity (Wildman–Crippen MR) is 143 cm³/mol. The molecule has 8 heteroatoms. The number of aromatic nitrogens is 1. The van der Waals surface area contributed by atoms with E-state index in [1.54, 1.807) is 29.3 Å². The van der Waals surface area contributed by atoms with Gasteiger partial charge in [-0.05, 0) is 58.9 Å². The summed E-state index contributed by atoms with van der Waals surface area (Å²) in [7, 11) is 0. The topological polar surface area (TPSA) is 36.1 Å². The summed E-state index contributed by atoms with van der Waals surface area (Å²) in [5, 5.41) is 1.82. The van der Waals surface area contributed by atoms with E-state index >= 15 is 0 Å². The Bertz CT molecular complexity index is 1440. The molecule has 1 heterocycles. The molecule has 1 amide bonds. The van der Waals surface area contributed by atoms with Crippen molar-refractivity contribution in [3.05, 3.63) is 105 Å². The number of aromatic amines is 1. The van der Waals surface area contributed by atoms with Gasteiger partial charge in [-0.25, -0.2) is 0 Å². The molecule has 4 rings (SSSR count). The molecule has 1 N–H and O–H groups in total. The third-order valence-corrected chi connectivity index (χ3v) is 6.81. The van der Waals surface area contributed by atoms with Crippen LogP contribution in [0.25, 0.3) is 10.9 Å². The van der Waals surface area contributed by atoms with Crippen LogP contribution < -0.4 is 0 Å². The fourth-order valence-corrected chi connectivity index (χ4v) is 5.09. The average Bonchev–Trinajstić information content (AvgIpc) is 3.28. The zero-order valence-corrected chi connectivity index (χ0v) is 22.2. The molecule has 0 aliphatic rings. The van der Waals surface area contributed by atoms with Crippen molar-refractivity contribution in [3.8, 4) is 0 Å². The summed E-state index contributed by atoms with van der Waals surface area (Å²) in [5.74, 6) is -0.280. The summed E-state index contributed by atoms with van der Waals surface area (Å²) in [6.45, 7) is 6.64. The first kappa shape index (κ1) is 27.1. The Kier molecular flexibility index (Phi) is 7.63. The van der Waals surface area contributed by atoms with Crippen molar-refractivity contribution in [1.82, 2.24) is 9.88 Å². The maximum Gasteiger partial charge on any atom is 0.416 e. The number of benzene rings is 3. The summed E-state index contributed by atoms with van der Waals surface area (Å²) < 4.78 is 39.7. The number of alkyl halides is 3. The summed E-state index contributed by atoms with van der Waals surface area (Å²) in [5.41, 5.74) is 2.49. The first-order chi connectivity index (χ1) is 17.3. The lowest BCUT2D eigenvalue weighted by Gasteiger charge is -2.25. The van der Waals surface area contributed by atoms with Gasteiger partial charge in [-0.15, -0.1) is 0 Å². The smallest absolute Gasteiger partial charge is 0.361 e. The molecule has 0 spiro atoms. The lowest BCUT2D eigenvalue weighted by Crippen LogP contribution is -2.33. The molecule has 0 unspecified atom stereocenters. The van der Waals surface area contributed by atoms with Gasteiger partial charge >= 0.3 is 6.18 Å². The average molecular weight is 547 g/mol. The van der Waals surface area contributed by atoms with E-state index in [1.165, 1.54) is 6.07 Å². The molecule has 0 aliphatic carbocycles. The maximum absolute atomic E-state index is 13.8. The molecule has 0 atom stereocenters. The minimum Gasteiger partial charge on any atom is -0.361 e. The number of hydrogen-bond acceptors (Lipinski definition) is 1. The van der Waals surface area contributed by atoms with Crippen LogP contribution in [0.4, 0.5) is 13.2 Å². The van der Waals surface area contributed by atoms with Crippen LogP contribution in [0.3, 0.4) is 0 Å². The molecule has 0 fully saturated rings. The van der Waals surface area contributed by atoms with Gasteiger partial charge in [-0.3, -0.25) is 4.79 Å². The fraction of sp³-hybridized carbons (Fsp3) is 0.276. The normalized spacial score (nSPS) is 12.2. The second-order valence-corrected chi connectivity index (χ2v) is 11.0. The second kappa shape index (κ2) is 10.4. The van der Waals surface area contributed by atoms with Crippen molar-refractivity contribution < 1.29 is 18.0 Å². The zero-order chi connectivity index (χ0) is 27.0. The Labute approximate surface area is 224 Å². The Balaban J connectivity index is 1.67. The summed E-state index contributed by atoms with van der Waals surface area (Å²) in [6, 6.07) is 16.1. The molecule has 0 radical (unpaired) electrons. The van der Waals surface area contributed by atoms with Gasteiger partial charge in [-0.1, -0.05) is 74.3 Å². The SMILES string of the molecule is CC(C)(C)c1ccc(CN(CCc2cccc(C(F)(F)F)c2)C(=O)c2cc(Cl)cc3cc[nH]c23)cc1Cl. The molecule has 0 saturated heterocycles. The number of hydrogen-bond donors (Lipinski definition) is 1. The lowest BCUT2D eigenvalue weighted by molar-refractivity contribution is -0.137. The summed E-state index contributed by atoms with van der Waals surface area (Å²) >= 11 is 12.9. The predicted octanol–water partition coefficient (Wildman–Crippen LogP) is 8.68. The fourth-order valence-electron chi connectivity index (χ4n) is 4.38. The van der Waals surface area contributed by atoms with E-state index in [9.17, 15) is 18.0 Å². The lowest BCUT2D eigenvalue weighted by atomic mass is 9.86. The molecule has 1 aromatic heterocycles. The highest BCUT2D eigenvalue weighted by molar-refractivity contribution is 6.32. The van der Waals surface area contributed by atoms with E-state index in [1.807, 2.05) is 24.3 Å². The first-order valence-electron chi connectivity index (χ1n) is 11.8. The van der Waals surface area contributed by atoms with Crippen molar-refractivity contribution in [1.29, 1.82) is 0 Å². The van der Waals surface area contributed by atoms with Crippen LogP contribution in [0.1, 0.15) is 53.4 Å². The van der Waals surface area contributed by atoms with Gasteiger partial charge in [0.15, 0.2) is 0 Å². The number of carbonyl (C=O) groups is 1. The number of nitrogens with one attached hydrogen (secondary N) is 1. The Morgan fingerprint density at radius 1 is 0.946 bits per heavy atom. The minimum absolute atomic E-state index is 0.144. The first-order valence-corrected chi connectivity index (χ1v) is 12.6. The van der Waals surface area contributed by atoms with Crippen molar-refractivity contribution in [2.45, 2.75) is 45.3 Å². The van der Waals surface area contributed by atoms with Gasteiger partial charge in [-0.2, -0.15) is 13.2 Å². The highest BCUT2D eigenvalue weighted by Crippen LogP contribution is 2.32. The molecule has 37 heavy (non-hydrogen) atoms. The number of H-pyrrole nitrogens is 1. The van der Waals surface area contributed by atoms with E-state index < -0.39 is 11.7 Å². The third kappa shape index (κ3) is 6.31. The third-order valence-electron chi connectivity index (χ3n) is 6.28. The van der Waals surface area contributed by atoms with E-state index in [4.69, 9.17) is 23.2 Å². The Morgan fingerprint density at radius 2 is 1.70 bits per heavy atom. The van der Waals surface area contributed by atoms with Gasteiger partial charge in [0.25, 0.3) is 5.91 Å². The molecule has 194 valence electrons. The van der Waals surface area contributed by atoms with Crippen LogP contribution >= 0.6 is 23.2 Å². The van der Waals surface area contributed by atoms with Gasteiger partial charge in [0.1, 0.15) is 0 Å². The highest BCUT2D eigenvalue weighted by atomic mass is 35.5. The number of halogens is 5. The molecule has 0 saturated carbocycles. The Morgan fingerprint density at radius 3 is 2.38 bits per heavy atom. The van der Waals surface area contributed by atoms with Crippen molar-refractivity contribution in [2.75, 3.05) is 6.54 Å². The monoisotopic (exact) mass is 546 g/mol. The maximum atomic E-state index is 13.8. The quantitative estimate of drug-likeness (QED) is 0.258. The van der Waals surface area contributed by atoms with Crippen LogP contribution in [0.15, 0.2) is 66.9 Å². The van der Waals surface area contributed by atoms with Crippen LogP contribution in [-0.2, 0) is 24.6 Å². The molecular weight excluding hydrogens is 520 g/mol.